The average Bonchev–Trinajstić information content (AvgIpc) is 2.49. The van der Waals surface area contributed by atoms with E-state index in [2.05, 4.69) is 34.7 Å². The highest BCUT2D eigenvalue weighted by molar-refractivity contribution is 5.92. The first-order valence-corrected chi connectivity index (χ1v) is 8.43. The summed E-state index contributed by atoms with van der Waals surface area (Å²) in [7, 11) is 0. The van der Waals surface area contributed by atoms with Gasteiger partial charge in [0.2, 0.25) is 0 Å². The summed E-state index contributed by atoms with van der Waals surface area (Å²) in [6.45, 7) is 8.81. The third-order valence-corrected chi connectivity index (χ3v) is 3.14. The molecule has 0 unspecified atom stereocenters. The highest BCUT2D eigenvalue weighted by Crippen LogP contribution is 2.10. The van der Waals surface area contributed by atoms with E-state index < -0.39 is 5.60 Å². The Morgan fingerprint density at radius 2 is 2.04 bits per heavy atom. The van der Waals surface area contributed by atoms with E-state index in [1.165, 1.54) is 5.56 Å². The minimum atomic E-state index is -0.469. The van der Waals surface area contributed by atoms with Crippen LogP contribution in [-0.2, 0) is 11.2 Å². The number of anilines is 1. The number of hydrogen-bond acceptors (Lipinski definition) is 3. The van der Waals surface area contributed by atoms with Crippen LogP contribution in [0.3, 0.4) is 0 Å². The third kappa shape index (κ3) is 9.02. The number of nitrogens with one attached hydrogen (secondary N) is 2. The van der Waals surface area contributed by atoms with Gasteiger partial charge in [0.15, 0.2) is 5.96 Å². The zero-order chi connectivity index (χ0) is 18.0. The van der Waals surface area contributed by atoms with Gasteiger partial charge in [-0.1, -0.05) is 19.1 Å². The molecule has 0 aliphatic carbocycles. The number of guanidine groups is 1. The number of aryl methyl sites for hydroxylation is 1. The van der Waals surface area contributed by atoms with Crippen LogP contribution in [-0.4, -0.2) is 30.7 Å². The molecule has 1 aromatic carbocycles. The molecule has 0 saturated heterocycles. The Morgan fingerprint density at radius 1 is 1.29 bits per heavy atom. The van der Waals surface area contributed by atoms with Crippen molar-refractivity contribution in [2.45, 2.75) is 52.6 Å². The SMILES string of the molecule is CCc1cccc(NC(N)=NCCCCNC(=O)OC(C)(C)C)c1. The molecule has 24 heavy (non-hydrogen) atoms. The maximum atomic E-state index is 11.5. The minimum absolute atomic E-state index is 0.386. The summed E-state index contributed by atoms with van der Waals surface area (Å²) in [6, 6.07) is 8.10. The number of aliphatic imine (C=N–C) groups is 1. The predicted octanol–water partition coefficient (Wildman–Crippen LogP) is 3.28. The average molecular weight is 334 g/mol. The van der Waals surface area contributed by atoms with Gasteiger partial charge in [-0.05, 0) is 57.7 Å². The highest BCUT2D eigenvalue weighted by atomic mass is 16.6. The molecule has 0 atom stereocenters. The fourth-order valence-corrected chi connectivity index (χ4v) is 2.00. The van der Waals surface area contributed by atoms with E-state index in [0.29, 0.717) is 19.0 Å². The Balaban J connectivity index is 2.21. The zero-order valence-electron chi connectivity index (χ0n) is 15.2. The summed E-state index contributed by atoms with van der Waals surface area (Å²) in [6.07, 6.45) is 2.26. The van der Waals surface area contributed by atoms with Gasteiger partial charge < -0.3 is 21.1 Å². The molecule has 0 aromatic heterocycles. The van der Waals surface area contributed by atoms with Crippen LogP contribution in [0.25, 0.3) is 0 Å². The van der Waals surface area contributed by atoms with Gasteiger partial charge in [-0.15, -0.1) is 0 Å². The first kappa shape index (κ1) is 19.8. The Hall–Kier alpha value is -2.24. The zero-order valence-corrected chi connectivity index (χ0v) is 15.2. The Morgan fingerprint density at radius 3 is 2.71 bits per heavy atom. The smallest absolute Gasteiger partial charge is 0.407 e. The lowest BCUT2D eigenvalue weighted by molar-refractivity contribution is 0.0527. The van der Waals surface area contributed by atoms with Crippen LogP contribution in [0, 0.1) is 0 Å². The standard InChI is InChI=1S/C18H30N4O2/c1-5-14-9-8-10-15(13-14)22-16(19)20-11-6-7-12-21-17(23)24-18(2,3)4/h8-10,13H,5-7,11-12H2,1-4H3,(H,21,23)(H3,19,20,22). The number of nitrogens with two attached hydrogens (primary N) is 1. The van der Waals surface area contributed by atoms with Gasteiger partial charge in [0.05, 0.1) is 0 Å². The van der Waals surface area contributed by atoms with Crippen LogP contribution >= 0.6 is 0 Å². The fourth-order valence-electron chi connectivity index (χ4n) is 2.00. The largest absolute Gasteiger partial charge is 0.444 e. The normalized spacial score (nSPS) is 11.9. The topological polar surface area (TPSA) is 88.7 Å². The van der Waals surface area contributed by atoms with Crippen LogP contribution in [0.1, 0.15) is 46.1 Å². The number of unbranched alkanes of at least 4 members (excludes halogenated alkanes) is 1. The molecule has 0 radical (unpaired) electrons. The molecule has 134 valence electrons. The van der Waals surface area contributed by atoms with Crippen molar-refractivity contribution in [3.05, 3.63) is 29.8 Å². The van der Waals surface area contributed by atoms with Crippen molar-refractivity contribution in [3.63, 3.8) is 0 Å². The molecule has 0 fully saturated rings. The second-order valence-electron chi connectivity index (χ2n) is 6.58. The van der Waals surface area contributed by atoms with E-state index in [4.69, 9.17) is 10.5 Å². The molecule has 0 saturated carbocycles. The molecule has 4 N–H and O–H groups in total. The van der Waals surface area contributed by atoms with Crippen LogP contribution in [0.5, 0.6) is 0 Å². The number of amides is 1. The molecule has 6 heteroatoms. The first-order chi connectivity index (χ1) is 11.3. The fraction of sp³-hybridized carbons (Fsp3) is 0.556. The predicted molar refractivity (Wildman–Crippen MR) is 99.4 cm³/mol. The van der Waals surface area contributed by atoms with Crippen LogP contribution in [0.4, 0.5) is 10.5 Å². The number of hydrogen-bond donors (Lipinski definition) is 3. The summed E-state index contributed by atoms with van der Waals surface area (Å²) in [5.41, 5.74) is 7.61. The number of nitrogens with zero attached hydrogens (tertiary/aromatic N) is 1. The summed E-state index contributed by atoms with van der Waals surface area (Å²) < 4.78 is 5.16. The molecule has 0 heterocycles. The Bertz CT molecular complexity index is 550. The van der Waals surface area contributed by atoms with E-state index in [9.17, 15) is 4.79 Å². The summed E-state index contributed by atoms with van der Waals surface area (Å²) in [5.74, 6) is 0.406. The van der Waals surface area contributed by atoms with Crippen molar-refractivity contribution in [3.8, 4) is 0 Å². The summed E-state index contributed by atoms with van der Waals surface area (Å²) in [5, 5.41) is 5.81. The number of carbonyl (C=O) groups excluding carboxylic acids is 1. The van der Waals surface area contributed by atoms with Gasteiger partial charge in [0.25, 0.3) is 0 Å². The molecule has 1 rings (SSSR count). The van der Waals surface area contributed by atoms with Crippen molar-refractivity contribution in [2.24, 2.45) is 10.7 Å². The minimum Gasteiger partial charge on any atom is -0.444 e. The quantitative estimate of drug-likeness (QED) is 0.405. The molecule has 6 nitrogen and oxygen atoms in total. The number of ether oxygens (including phenoxy) is 1. The Kier molecular flexibility index (Phi) is 8.09. The van der Waals surface area contributed by atoms with Crippen LogP contribution in [0.2, 0.25) is 0 Å². The lowest BCUT2D eigenvalue weighted by atomic mass is 10.1. The van der Waals surface area contributed by atoms with Crippen LogP contribution < -0.4 is 16.4 Å². The van der Waals surface area contributed by atoms with E-state index >= 15 is 0 Å². The van der Waals surface area contributed by atoms with Gasteiger partial charge >= 0.3 is 6.09 Å². The lowest BCUT2D eigenvalue weighted by Crippen LogP contribution is -2.33. The van der Waals surface area contributed by atoms with Gasteiger partial charge in [-0.25, -0.2) is 4.79 Å². The van der Waals surface area contributed by atoms with Gasteiger partial charge in [-0.3, -0.25) is 4.99 Å². The Labute approximate surface area is 144 Å². The van der Waals surface area contributed by atoms with E-state index in [0.717, 1.165) is 24.9 Å². The van der Waals surface area contributed by atoms with Gasteiger partial charge in [0.1, 0.15) is 5.60 Å². The van der Waals surface area contributed by atoms with Crippen molar-refractivity contribution < 1.29 is 9.53 Å². The molecule has 1 amide bonds. The first-order valence-electron chi connectivity index (χ1n) is 8.43. The van der Waals surface area contributed by atoms with Crippen molar-refractivity contribution in [1.82, 2.24) is 5.32 Å². The molecule has 0 spiro atoms. The van der Waals surface area contributed by atoms with E-state index in [-0.39, 0.29) is 6.09 Å². The third-order valence-electron chi connectivity index (χ3n) is 3.14. The number of benzene rings is 1. The molecular weight excluding hydrogens is 304 g/mol. The number of alkyl carbamates (subject to hydrolysis) is 1. The van der Waals surface area contributed by atoms with Crippen molar-refractivity contribution in [2.75, 3.05) is 18.4 Å². The summed E-state index contributed by atoms with van der Waals surface area (Å²) in [4.78, 5) is 15.8. The van der Waals surface area contributed by atoms with Crippen LogP contribution in [0.15, 0.2) is 29.3 Å². The van der Waals surface area contributed by atoms with Crippen molar-refractivity contribution >= 4 is 17.7 Å². The van der Waals surface area contributed by atoms with Gasteiger partial charge in [-0.2, -0.15) is 0 Å². The highest BCUT2D eigenvalue weighted by Gasteiger charge is 2.15. The molecular formula is C18H30N4O2. The second kappa shape index (κ2) is 9.80. The maximum Gasteiger partial charge on any atom is 0.407 e. The molecule has 0 bridgehead atoms. The molecule has 0 aliphatic rings. The number of carbonyl (C=O) groups is 1. The molecule has 1 aromatic rings. The second-order valence-corrected chi connectivity index (χ2v) is 6.58. The van der Waals surface area contributed by atoms with E-state index in [1.807, 2.05) is 32.9 Å². The molecule has 0 aliphatic heterocycles. The lowest BCUT2D eigenvalue weighted by Gasteiger charge is -2.19. The maximum absolute atomic E-state index is 11.5. The number of rotatable bonds is 7. The monoisotopic (exact) mass is 334 g/mol. The van der Waals surface area contributed by atoms with E-state index in [1.54, 1.807) is 0 Å². The van der Waals surface area contributed by atoms with Crippen molar-refractivity contribution in [1.29, 1.82) is 0 Å². The summed E-state index contributed by atoms with van der Waals surface area (Å²) >= 11 is 0. The van der Waals surface area contributed by atoms with Gasteiger partial charge in [0, 0.05) is 18.8 Å².